The van der Waals surface area contributed by atoms with Crippen LogP contribution in [0.4, 0.5) is 4.79 Å². The van der Waals surface area contributed by atoms with Gasteiger partial charge in [0.05, 0.1) is 24.2 Å². The van der Waals surface area contributed by atoms with Crippen LogP contribution in [0.5, 0.6) is 5.75 Å². The Hall–Kier alpha value is -3.53. The number of benzene rings is 2. The molecule has 0 bridgehead atoms. The number of halogens is 1. The van der Waals surface area contributed by atoms with E-state index in [0.29, 0.717) is 25.1 Å². The van der Waals surface area contributed by atoms with Crippen LogP contribution in [-0.2, 0) is 24.3 Å². The molecule has 2 N–H and O–H groups in total. The van der Waals surface area contributed by atoms with Crippen LogP contribution in [0.3, 0.4) is 0 Å². The highest BCUT2D eigenvalue weighted by molar-refractivity contribution is 9.10. The summed E-state index contributed by atoms with van der Waals surface area (Å²) in [6.07, 6.45) is -0.274. The summed E-state index contributed by atoms with van der Waals surface area (Å²) >= 11 is 3.57. The molecular weight excluding hydrogens is 540 g/mol. The quantitative estimate of drug-likeness (QED) is 0.488. The van der Waals surface area contributed by atoms with E-state index in [1.807, 2.05) is 53.6 Å². The maximum atomic E-state index is 14.0. The zero-order valence-electron chi connectivity index (χ0n) is 21.0. The van der Waals surface area contributed by atoms with Crippen molar-refractivity contribution in [3.05, 3.63) is 62.8 Å². The summed E-state index contributed by atoms with van der Waals surface area (Å²) in [6, 6.07) is 9.64. The van der Waals surface area contributed by atoms with Gasteiger partial charge in [-0.05, 0) is 49.6 Å². The second kappa shape index (κ2) is 9.74. The number of hydrogen-bond acceptors (Lipinski definition) is 4. The summed E-state index contributed by atoms with van der Waals surface area (Å²) < 4.78 is 8.27. The number of carbonyl (C=O) groups excluding carboxylic acids is 2. The van der Waals surface area contributed by atoms with Crippen LogP contribution >= 0.6 is 15.9 Å². The van der Waals surface area contributed by atoms with Crippen LogP contribution in [0.25, 0.3) is 10.9 Å². The molecule has 5 rings (SSSR count). The van der Waals surface area contributed by atoms with Gasteiger partial charge in [0.15, 0.2) is 0 Å². The van der Waals surface area contributed by atoms with E-state index >= 15 is 0 Å². The van der Waals surface area contributed by atoms with E-state index in [0.717, 1.165) is 43.5 Å². The normalized spacial score (nSPS) is 15.4. The Balaban J connectivity index is 1.45. The summed E-state index contributed by atoms with van der Waals surface area (Å²) in [5, 5.41) is 12.8. The Morgan fingerprint density at radius 1 is 1.16 bits per heavy atom. The molecule has 0 atom stereocenters. The minimum absolute atomic E-state index is 0.0433. The minimum Gasteiger partial charge on any atom is -0.496 e. The Labute approximate surface area is 223 Å². The van der Waals surface area contributed by atoms with Gasteiger partial charge in [-0.1, -0.05) is 28.1 Å². The van der Waals surface area contributed by atoms with Crippen LogP contribution < -0.4 is 10.1 Å². The van der Waals surface area contributed by atoms with Crippen LogP contribution in [0.1, 0.15) is 32.7 Å². The average molecular weight is 569 g/mol. The highest BCUT2D eigenvalue weighted by atomic mass is 79.9. The predicted molar refractivity (Wildman–Crippen MR) is 142 cm³/mol. The fourth-order valence-corrected chi connectivity index (χ4v) is 6.06. The van der Waals surface area contributed by atoms with Gasteiger partial charge in [0, 0.05) is 47.3 Å². The van der Waals surface area contributed by atoms with E-state index in [1.54, 1.807) is 7.11 Å². The lowest BCUT2D eigenvalue weighted by Crippen LogP contribution is -2.61. The number of hydrogen-bond donors (Lipinski definition) is 2. The molecule has 37 heavy (non-hydrogen) atoms. The van der Waals surface area contributed by atoms with Crippen molar-refractivity contribution in [3.8, 4) is 5.75 Å². The monoisotopic (exact) mass is 568 g/mol. The van der Waals surface area contributed by atoms with Crippen molar-refractivity contribution in [1.29, 1.82) is 0 Å². The van der Waals surface area contributed by atoms with Gasteiger partial charge >= 0.3 is 6.09 Å². The number of nitrogens with zero attached hydrogens (tertiary/aromatic N) is 3. The Morgan fingerprint density at radius 3 is 2.62 bits per heavy atom. The molecule has 2 aromatic carbocycles. The summed E-state index contributed by atoms with van der Waals surface area (Å²) in [5.41, 5.74) is 5.34. The van der Waals surface area contributed by atoms with Crippen molar-refractivity contribution in [3.63, 3.8) is 0 Å². The van der Waals surface area contributed by atoms with Crippen LogP contribution in [0.15, 0.2) is 34.8 Å². The molecule has 2 aliphatic heterocycles. The molecule has 1 fully saturated rings. The molecule has 1 aromatic heterocycles. The minimum atomic E-state index is -0.985. The Morgan fingerprint density at radius 2 is 1.92 bits per heavy atom. The van der Waals surface area contributed by atoms with Crippen molar-refractivity contribution in [2.75, 3.05) is 26.7 Å². The number of aryl methyl sites for hydroxylation is 1. The van der Waals surface area contributed by atoms with Crippen molar-refractivity contribution in [2.45, 2.75) is 39.4 Å². The lowest BCUT2D eigenvalue weighted by Gasteiger charge is -2.37. The summed E-state index contributed by atoms with van der Waals surface area (Å²) in [5.74, 6) is 0.569. The number of carbonyl (C=O) groups is 3. The molecule has 2 aliphatic rings. The first-order valence-electron chi connectivity index (χ1n) is 12.2. The lowest BCUT2D eigenvalue weighted by atomic mass is 9.97. The molecule has 3 amide bonds. The third-order valence-electron chi connectivity index (χ3n) is 7.33. The zero-order chi connectivity index (χ0) is 26.4. The third-order valence-corrected chi connectivity index (χ3v) is 7.79. The van der Waals surface area contributed by atoms with E-state index in [2.05, 4.69) is 21.2 Å². The number of aromatic nitrogens is 1. The van der Waals surface area contributed by atoms with Crippen LogP contribution in [0, 0.1) is 13.8 Å². The largest absolute Gasteiger partial charge is 0.496 e. The van der Waals surface area contributed by atoms with E-state index in [9.17, 15) is 14.4 Å². The van der Waals surface area contributed by atoms with Gasteiger partial charge in [0.1, 0.15) is 12.3 Å². The highest BCUT2D eigenvalue weighted by Crippen LogP contribution is 2.34. The first-order chi connectivity index (χ1) is 17.7. The molecule has 0 radical (unpaired) electrons. The maximum Gasteiger partial charge on any atom is 0.407 e. The van der Waals surface area contributed by atoms with Gasteiger partial charge in [0.25, 0.3) is 5.91 Å². The third kappa shape index (κ3) is 4.54. The maximum absolute atomic E-state index is 14.0. The first kappa shape index (κ1) is 25.1. The van der Waals surface area contributed by atoms with Gasteiger partial charge < -0.3 is 29.5 Å². The molecular formula is C27H29BrN4O5. The van der Waals surface area contributed by atoms with Gasteiger partial charge in [-0.25, -0.2) is 4.79 Å². The van der Waals surface area contributed by atoms with Gasteiger partial charge in [-0.3, -0.25) is 9.59 Å². The van der Waals surface area contributed by atoms with Crippen LogP contribution in [0.2, 0.25) is 0 Å². The number of carboxylic acid groups (broad SMARTS) is 1. The van der Waals surface area contributed by atoms with Gasteiger partial charge in [0.2, 0.25) is 5.91 Å². The molecule has 10 heteroatoms. The highest BCUT2D eigenvalue weighted by Gasteiger charge is 2.33. The number of likely N-dealkylation sites (tertiary alicyclic amines) is 1. The molecule has 3 aromatic rings. The molecule has 0 spiro atoms. The van der Waals surface area contributed by atoms with Gasteiger partial charge in [-0.15, -0.1) is 0 Å². The topological polar surface area (TPSA) is 104 Å². The fraction of sp³-hybridized carbons (Fsp3) is 0.370. The molecule has 9 nitrogen and oxygen atoms in total. The van der Waals surface area contributed by atoms with Crippen molar-refractivity contribution >= 4 is 44.7 Å². The first-order valence-corrected chi connectivity index (χ1v) is 13.0. The van der Waals surface area contributed by atoms with E-state index < -0.39 is 6.09 Å². The smallest absolute Gasteiger partial charge is 0.407 e. The number of nitrogens with one attached hydrogen (secondary N) is 1. The Bertz CT molecular complexity index is 1430. The SMILES string of the molecule is COc1cccc2c1CCN(C(=O)c1c(C)n(CC(=O)NC3CN(C(=O)O)C3)c3c(C)cc(Br)cc13)C2. The molecule has 0 unspecified atom stereocenters. The number of fused-ring (bicyclic) bond motifs is 2. The van der Waals surface area contributed by atoms with E-state index in [1.165, 1.54) is 4.90 Å². The van der Waals surface area contributed by atoms with E-state index in [4.69, 9.17) is 9.84 Å². The standard InChI is InChI=1S/C27H29BrN4O5/c1-15-9-18(28)10-21-24(26(34)30-8-7-20-17(11-30)5-4-6-22(20)37-3)16(2)32(25(15)21)14-23(33)29-19-12-31(13-19)27(35)36/h4-6,9-10,19H,7-8,11-14H2,1-3H3,(H,29,33)(H,35,36). The fourth-order valence-electron chi connectivity index (χ4n) is 5.49. The molecule has 0 aliphatic carbocycles. The predicted octanol–water partition coefficient (Wildman–Crippen LogP) is 3.71. The lowest BCUT2D eigenvalue weighted by molar-refractivity contribution is -0.123. The summed E-state index contributed by atoms with van der Waals surface area (Å²) in [6.45, 7) is 5.52. The number of rotatable bonds is 5. The van der Waals surface area contributed by atoms with Crippen molar-refractivity contribution in [1.82, 2.24) is 19.7 Å². The van der Waals surface area contributed by atoms with Gasteiger partial charge in [-0.2, -0.15) is 0 Å². The van der Waals surface area contributed by atoms with E-state index in [-0.39, 0.29) is 37.5 Å². The van der Waals surface area contributed by atoms with Crippen molar-refractivity contribution in [2.24, 2.45) is 0 Å². The van der Waals surface area contributed by atoms with Crippen molar-refractivity contribution < 1.29 is 24.2 Å². The molecule has 3 heterocycles. The molecule has 194 valence electrons. The van der Waals surface area contributed by atoms with Crippen LogP contribution in [-0.4, -0.2) is 70.2 Å². The molecule has 0 saturated carbocycles. The molecule has 1 saturated heterocycles. The summed E-state index contributed by atoms with van der Waals surface area (Å²) in [7, 11) is 1.66. The average Bonchev–Trinajstić information content (AvgIpc) is 3.10. The number of methoxy groups -OCH3 is 1. The zero-order valence-corrected chi connectivity index (χ0v) is 22.6. The second-order valence-corrected chi connectivity index (χ2v) is 10.6. The Kier molecular flexibility index (Phi) is 6.61. The second-order valence-electron chi connectivity index (χ2n) is 9.69. The number of ether oxygens (including phenoxy) is 1. The summed E-state index contributed by atoms with van der Waals surface area (Å²) in [4.78, 5) is 41.0. The number of amides is 3.